The summed E-state index contributed by atoms with van der Waals surface area (Å²) < 4.78 is 10.7. The van der Waals surface area contributed by atoms with Crippen molar-refractivity contribution in [1.29, 1.82) is 0 Å². The highest BCUT2D eigenvalue weighted by atomic mass is 16.7. The fourth-order valence-corrected chi connectivity index (χ4v) is 4.11. The lowest BCUT2D eigenvalue weighted by molar-refractivity contribution is -0.139. The average molecular weight is 453 g/mol. The molecular weight excluding hydrogens is 424 g/mol. The van der Waals surface area contributed by atoms with E-state index in [1.807, 2.05) is 18.2 Å². The topological polar surface area (TPSA) is 110 Å². The summed E-state index contributed by atoms with van der Waals surface area (Å²) in [4.78, 5) is 43.5. The number of hydrogen-bond acceptors (Lipinski definition) is 6. The first-order valence-corrected chi connectivity index (χ1v) is 11.2. The molecule has 1 aromatic heterocycles. The van der Waals surface area contributed by atoms with Gasteiger partial charge in [-0.3, -0.25) is 14.4 Å². The summed E-state index contributed by atoms with van der Waals surface area (Å²) in [6, 6.07) is 10.8. The Balaban J connectivity index is 1.29. The summed E-state index contributed by atoms with van der Waals surface area (Å²) in [5, 5.41) is 5.56. The number of benzene rings is 1. The number of pyridine rings is 1. The van der Waals surface area contributed by atoms with E-state index in [1.54, 1.807) is 29.3 Å². The van der Waals surface area contributed by atoms with E-state index in [1.165, 1.54) is 0 Å². The molecule has 3 amide bonds. The van der Waals surface area contributed by atoms with Crippen LogP contribution in [0.1, 0.15) is 44.1 Å². The number of carbonyl (C=O) groups excluding carboxylic acids is 3. The molecule has 1 saturated carbocycles. The van der Waals surface area contributed by atoms with E-state index in [4.69, 9.17) is 9.47 Å². The Bertz CT molecular complexity index is 992. The maximum absolute atomic E-state index is 12.9. The second-order valence-electron chi connectivity index (χ2n) is 8.19. The van der Waals surface area contributed by atoms with Crippen molar-refractivity contribution >= 4 is 23.5 Å². The molecule has 1 aliphatic carbocycles. The van der Waals surface area contributed by atoms with Crippen molar-refractivity contribution in [3.8, 4) is 11.5 Å². The van der Waals surface area contributed by atoms with E-state index in [-0.39, 0.29) is 49.9 Å². The molecule has 0 spiro atoms. The number of rotatable bonds is 9. The molecule has 0 saturated heterocycles. The summed E-state index contributed by atoms with van der Waals surface area (Å²) in [6.07, 6.45) is 5.50. The molecule has 33 heavy (non-hydrogen) atoms. The summed E-state index contributed by atoms with van der Waals surface area (Å²) in [7, 11) is 0. The number of hydrogen-bond donors (Lipinski definition) is 2. The second kappa shape index (κ2) is 10.8. The first kappa shape index (κ1) is 22.6. The van der Waals surface area contributed by atoms with E-state index < -0.39 is 0 Å². The van der Waals surface area contributed by atoms with Crippen LogP contribution in [0.3, 0.4) is 0 Å². The van der Waals surface area contributed by atoms with E-state index in [0.29, 0.717) is 23.9 Å². The summed E-state index contributed by atoms with van der Waals surface area (Å²) in [5.41, 5.74) is 0.887. The van der Waals surface area contributed by atoms with Crippen LogP contribution in [0.4, 0.5) is 5.82 Å². The Hall–Kier alpha value is -3.62. The zero-order valence-electron chi connectivity index (χ0n) is 18.4. The van der Waals surface area contributed by atoms with Crippen LogP contribution < -0.4 is 20.1 Å². The molecule has 2 aromatic rings. The summed E-state index contributed by atoms with van der Waals surface area (Å²) in [5.74, 6) is 1.11. The first-order chi connectivity index (χ1) is 16.1. The van der Waals surface area contributed by atoms with E-state index in [0.717, 1.165) is 31.2 Å². The number of fused-ring (bicyclic) bond motifs is 1. The standard InChI is InChI=1S/C24H28N4O5/c29-22(27-21-7-3-4-12-25-21)10-11-24(31)28(18-5-1-2-6-18)15-23(30)26-14-17-8-9-19-20(13-17)33-16-32-19/h3-4,7-9,12-13,18H,1-2,5-6,10-11,14-16H2,(H,26,30)(H,25,27,29). The highest BCUT2D eigenvalue weighted by Gasteiger charge is 2.28. The molecule has 174 valence electrons. The fourth-order valence-electron chi connectivity index (χ4n) is 4.11. The van der Waals surface area contributed by atoms with Crippen molar-refractivity contribution in [3.05, 3.63) is 48.2 Å². The van der Waals surface area contributed by atoms with Crippen LogP contribution >= 0.6 is 0 Å². The van der Waals surface area contributed by atoms with Crippen LogP contribution in [-0.2, 0) is 20.9 Å². The minimum atomic E-state index is -0.277. The molecule has 1 aromatic carbocycles. The predicted octanol–water partition coefficient (Wildman–Crippen LogP) is 2.62. The number of amides is 3. The average Bonchev–Trinajstić information content (AvgIpc) is 3.52. The summed E-state index contributed by atoms with van der Waals surface area (Å²) >= 11 is 0. The highest BCUT2D eigenvalue weighted by molar-refractivity contribution is 5.93. The molecule has 9 heteroatoms. The van der Waals surface area contributed by atoms with Gasteiger partial charge in [0.1, 0.15) is 5.82 Å². The molecule has 2 N–H and O–H groups in total. The number of carbonyl (C=O) groups is 3. The highest BCUT2D eigenvalue weighted by Crippen LogP contribution is 2.32. The van der Waals surface area contributed by atoms with Crippen molar-refractivity contribution in [2.24, 2.45) is 0 Å². The van der Waals surface area contributed by atoms with Gasteiger partial charge in [0, 0.05) is 31.6 Å². The Morgan fingerprint density at radius 2 is 1.82 bits per heavy atom. The minimum Gasteiger partial charge on any atom is -0.454 e. The van der Waals surface area contributed by atoms with Crippen molar-refractivity contribution < 1.29 is 23.9 Å². The van der Waals surface area contributed by atoms with Gasteiger partial charge in [-0.2, -0.15) is 0 Å². The molecule has 0 unspecified atom stereocenters. The number of ether oxygens (including phenoxy) is 2. The lowest BCUT2D eigenvalue weighted by atomic mass is 10.1. The third-order valence-electron chi connectivity index (χ3n) is 5.82. The van der Waals surface area contributed by atoms with Gasteiger partial charge in [0.2, 0.25) is 24.5 Å². The van der Waals surface area contributed by atoms with Crippen LogP contribution in [0.2, 0.25) is 0 Å². The maximum Gasteiger partial charge on any atom is 0.239 e. The van der Waals surface area contributed by atoms with Gasteiger partial charge in [-0.1, -0.05) is 25.0 Å². The van der Waals surface area contributed by atoms with Gasteiger partial charge < -0.3 is 25.0 Å². The Kier molecular flexibility index (Phi) is 7.39. The molecule has 4 rings (SSSR count). The lowest BCUT2D eigenvalue weighted by Gasteiger charge is -2.28. The van der Waals surface area contributed by atoms with Crippen molar-refractivity contribution in [2.45, 2.75) is 51.1 Å². The zero-order chi connectivity index (χ0) is 23.0. The van der Waals surface area contributed by atoms with E-state index in [2.05, 4.69) is 15.6 Å². The first-order valence-electron chi connectivity index (χ1n) is 11.2. The zero-order valence-corrected chi connectivity index (χ0v) is 18.4. The van der Waals surface area contributed by atoms with Crippen LogP contribution in [-0.4, -0.2) is 47.0 Å². The van der Waals surface area contributed by atoms with Gasteiger partial charge in [-0.05, 0) is 42.7 Å². The van der Waals surface area contributed by atoms with Gasteiger partial charge in [-0.15, -0.1) is 0 Å². The molecule has 1 aliphatic heterocycles. The van der Waals surface area contributed by atoms with Crippen LogP contribution in [0, 0.1) is 0 Å². The van der Waals surface area contributed by atoms with Crippen molar-refractivity contribution in [2.75, 3.05) is 18.7 Å². The van der Waals surface area contributed by atoms with Crippen molar-refractivity contribution in [3.63, 3.8) is 0 Å². The van der Waals surface area contributed by atoms with Gasteiger partial charge >= 0.3 is 0 Å². The monoisotopic (exact) mass is 452 g/mol. The van der Waals surface area contributed by atoms with Gasteiger partial charge in [0.05, 0.1) is 6.54 Å². The molecule has 2 aliphatic rings. The third-order valence-corrected chi connectivity index (χ3v) is 5.82. The maximum atomic E-state index is 12.9. The smallest absolute Gasteiger partial charge is 0.239 e. The SMILES string of the molecule is O=C(CN(C(=O)CCC(=O)Nc1ccccn1)C1CCCC1)NCc1ccc2c(c1)OCO2. The molecule has 0 atom stereocenters. The summed E-state index contributed by atoms with van der Waals surface area (Å²) in [6.45, 7) is 0.508. The molecule has 2 heterocycles. The fraction of sp³-hybridized carbons (Fsp3) is 0.417. The molecule has 0 radical (unpaired) electrons. The number of nitrogens with zero attached hydrogens (tertiary/aromatic N) is 2. The number of nitrogens with one attached hydrogen (secondary N) is 2. The van der Waals surface area contributed by atoms with Gasteiger partial charge in [-0.25, -0.2) is 4.98 Å². The van der Waals surface area contributed by atoms with Crippen molar-refractivity contribution in [1.82, 2.24) is 15.2 Å². The Labute approximate surface area is 192 Å². The molecule has 1 fully saturated rings. The minimum absolute atomic E-state index is 0.0179. The van der Waals surface area contributed by atoms with E-state index >= 15 is 0 Å². The molecular formula is C24H28N4O5. The number of anilines is 1. The van der Waals surface area contributed by atoms with E-state index in [9.17, 15) is 14.4 Å². The van der Waals surface area contributed by atoms with Gasteiger partial charge in [0.15, 0.2) is 11.5 Å². The largest absolute Gasteiger partial charge is 0.454 e. The van der Waals surface area contributed by atoms with Crippen LogP contribution in [0.25, 0.3) is 0 Å². The second-order valence-corrected chi connectivity index (χ2v) is 8.19. The third kappa shape index (κ3) is 6.21. The number of aromatic nitrogens is 1. The predicted molar refractivity (Wildman–Crippen MR) is 120 cm³/mol. The Morgan fingerprint density at radius 1 is 1.00 bits per heavy atom. The van der Waals surface area contributed by atoms with Crippen LogP contribution in [0.5, 0.6) is 11.5 Å². The van der Waals surface area contributed by atoms with Crippen LogP contribution in [0.15, 0.2) is 42.6 Å². The molecule has 9 nitrogen and oxygen atoms in total. The quantitative estimate of drug-likeness (QED) is 0.605. The Morgan fingerprint density at radius 3 is 2.61 bits per heavy atom. The lowest BCUT2D eigenvalue weighted by Crippen LogP contribution is -2.45. The van der Waals surface area contributed by atoms with Gasteiger partial charge in [0.25, 0.3) is 0 Å². The molecule has 0 bridgehead atoms. The normalized spacial score (nSPS) is 14.7.